The Hall–Kier alpha value is -2.70. The second kappa shape index (κ2) is 7.50. The smallest absolute Gasteiger partial charge is 0.225 e. The fourth-order valence-electron chi connectivity index (χ4n) is 3.74. The third-order valence-corrected chi connectivity index (χ3v) is 5.51. The van der Waals surface area contributed by atoms with Crippen molar-refractivity contribution in [3.8, 4) is 0 Å². The van der Waals surface area contributed by atoms with Gasteiger partial charge in [0, 0.05) is 57.6 Å². The molecule has 0 atom stereocenters. The lowest BCUT2D eigenvalue weighted by molar-refractivity contribution is 0.368. The van der Waals surface area contributed by atoms with Crippen LogP contribution in [0.3, 0.4) is 0 Å². The Morgan fingerprint density at radius 1 is 1.11 bits per heavy atom. The van der Waals surface area contributed by atoms with Crippen molar-refractivity contribution in [1.29, 1.82) is 0 Å². The number of nitrogens with one attached hydrogen (secondary N) is 1. The average Bonchev–Trinajstić information content (AvgIpc) is 3.51. The standard InChI is InChI=1S/C20H25FN6/c1-22-18(25-15-20(7-8-20)16-5-2-3-6-17(16)21)26-11-13-27(14-12-26)19-23-9-4-10-24-19/h2-6,9-10H,7-8,11-15H2,1H3,(H,22,25). The van der Waals surface area contributed by atoms with Crippen LogP contribution < -0.4 is 10.2 Å². The van der Waals surface area contributed by atoms with Gasteiger partial charge in [0.15, 0.2) is 5.96 Å². The minimum absolute atomic E-state index is 0.0962. The Morgan fingerprint density at radius 3 is 2.44 bits per heavy atom. The molecule has 2 fully saturated rings. The zero-order valence-electron chi connectivity index (χ0n) is 15.6. The molecule has 0 amide bonds. The van der Waals surface area contributed by atoms with E-state index in [0.29, 0.717) is 6.54 Å². The maximum atomic E-state index is 14.2. The zero-order valence-corrected chi connectivity index (χ0v) is 15.6. The molecule has 1 aliphatic heterocycles. The molecule has 142 valence electrons. The number of piperazine rings is 1. The molecule has 6 nitrogen and oxygen atoms in total. The summed E-state index contributed by atoms with van der Waals surface area (Å²) in [5, 5.41) is 3.48. The number of anilines is 1. The molecule has 0 bridgehead atoms. The number of benzene rings is 1. The number of aliphatic imine (C=N–C) groups is 1. The van der Waals surface area contributed by atoms with E-state index in [0.717, 1.165) is 56.5 Å². The third-order valence-electron chi connectivity index (χ3n) is 5.51. The molecule has 1 aromatic carbocycles. The Labute approximate surface area is 159 Å². The van der Waals surface area contributed by atoms with E-state index in [-0.39, 0.29) is 11.2 Å². The summed E-state index contributed by atoms with van der Waals surface area (Å²) in [5.74, 6) is 1.55. The van der Waals surface area contributed by atoms with Crippen molar-refractivity contribution in [2.75, 3.05) is 44.7 Å². The number of halogens is 1. The molecule has 1 N–H and O–H groups in total. The fraction of sp³-hybridized carbons (Fsp3) is 0.450. The zero-order chi connectivity index (χ0) is 18.7. The van der Waals surface area contributed by atoms with Gasteiger partial charge >= 0.3 is 0 Å². The summed E-state index contributed by atoms with van der Waals surface area (Å²) in [7, 11) is 1.80. The first-order valence-electron chi connectivity index (χ1n) is 9.44. The van der Waals surface area contributed by atoms with E-state index in [2.05, 4.69) is 30.1 Å². The van der Waals surface area contributed by atoms with E-state index < -0.39 is 0 Å². The highest BCUT2D eigenvalue weighted by Crippen LogP contribution is 2.48. The van der Waals surface area contributed by atoms with Crippen LogP contribution in [0.5, 0.6) is 0 Å². The van der Waals surface area contributed by atoms with Gasteiger partial charge in [-0.15, -0.1) is 0 Å². The van der Waals surface area contributed by atoms with Crippen molar-refractivity contribution in [2.24, 2.45) is 4.99 Å². The largest absolute Gasteiger partial charge is 0.355 e. The van der Waals surface area contributed by atoms with Crippen LogP contribution in [0.1, 0.15) is 18.4 Å². The van der Waals surface area contributed by atoms with Crippen LogP contribution >= 0.6 is 0 Å². The van der Waals surface area contributed by atoms with Crippen LogP contribution in [0.15, 0.2) is 47.7 Å². The van der Waals surface area contributed by atoms with Crippen LogP contribution in [0.25, 0.3) is 0 Å². The van der Waals surface area contributed by atoms with Gasteiger partial charge in [0.1, 0.15) is 5.82 Å². The van der Waals surface area contributed by atoms with Gasteiger partial charge in [-0.25, -0.2) is 14.4 Å². The minimum Gasteiger partial charge on any atom is -0.355 e. The van der Waals surface area contributed by atoms with E-state index in [1.165, 1.54) is 0 Å². The van der Waals surface area contributed by atoms with E-state index in [4.69, 9.17) is 0 Å². The normalized spacial score (nSPS) is 19.1. The van der Waals surface area contributed by atoms with Crippen LogP contribution in [0, 0.1) is 5.82 Å². The monoisotopic (exact) mass is 368 g/mol. The fourth-order valence-corrected chi connectivity index (χ4v) is 3.74. The molecule has 4 rings (SSSR count). The molecule has 2 heterocycles. The molecule has 27 heavy (non-hydrogen) atoms. The molecule has 1 saturated carbocycles. The van der Waals surface area contributed by atoms with Gasteiger partial charge in [-0.3, -0.25) is 4.99 Å². The number of guanidine groups is 1. The van der Waals surface area contributed by atoms with Gasteiger partial charge in [0.2, 0.25) is 5.95 Å². The molecule has 7 heteroatoms. The summed E-state index contributed by atoms with van der Waals surface area (Å²) in [4.78, 5) is 17.5. The molecule has 1 aromatic heterocycles. The summed E-state index contributed by atoms with van der Waals surface area (Å²) < 4.78 is 14.2. The minimum atomic E-state index is -0.108. The first-order chi connectivity index (χ1) is 13.2. The number of hydrogen-bond donors (Lipinski definition) is 1. The Morgan fingerprint density at radius 2 is 1.81 bits per heavy atom. The van der Waals surface area contributed by atoms with Crippen molar-refractivity contribution < 1.29 is 4.39 Å². The van der Waals surface area contributed by atoms with Gasteiger partial charge in [-0.2, -0.15) is 0 Å². The molecule has 0 unspecified atom stereocenters. The SMILES string of the molecule is CN=C(NCC1(c2ccccc2F)CC1)N1CCN(c2ncccn2)CC1. The van der Waals surface area contributed by atoms with Crippen molar-refractivity contribution >= 4 is 11.9 Å². The number of nitrogens with zero attached hydrogens (tertiary/aromatic N) is 5. The predicted molar refractivity (Wildman–Crippen MR) is 104 cm³/mol. The second-order valence-corrected chi connectivity index (χ2v) is 7.18. The van der Waals surface area contributed by atoms with E-state index in [9.17, 15) is 4.39 Å². The van der Waals surface area contributed by atoms with Crippen LogP contribution in [-0.2, 0) is 5.41 Å². The first kappa shape index (κ1) is 17.7. The maximum Gasteiger partial charge on any atom is 0.225 e. The van der Waals surface area contributed by atoms with E-state index in [1.807, 2.05) is 18.2 Å². The van der Waals surface area contributed by atoms with Gasteiger partial charge in [-0.1, -0.05) is 18.2 Å². The Balaban J connectivity index is 1.35. The molecule has 2 aromatic rings. The number of aromatic nitrogens is 2. The lowest BCUT2D eigenvalue weighted by atomic mass is 9.95. The summed E-state index contributed by atoms with van der Waals surface area (Å²) in [6, 6.07) is 8.95. The topological polar surface area (TPSA) is 56.7 Å². The van der Waals surface area contributed by atoms with Crippen molar-refractivity contribution in [3.05, 3.63) is 54.1 Å². The summed E-state index contributed by atoms with van der Waals surface area (Å²) in [5.41, 5.74) is 0.722. The predicted octanol–water partition coefficient (Wildman–Crippen LogP) is 2.04. The van der Waals surface area contributed by atoms with Gasteiger partial charge < -0.3 is 15.1 Å². The highest BCUT2D eigenvalue weighted by Gasteiger charge is 2.46. The van der Waals surface area contributed by atoms with E-state index in [1.54, 1.807) is 31.6 Å². The quantitative estimate of drug-likeness (QED) is 0.661. The molecule has 1 aliphatic carbocycles. The molecule has 2 aliphatic rings. The lowest BCUT2D eigenvalue weighted by Gasteiger charge is -2.36. The van der Waals surface area contributed by atoms with Crippen molar-refractivity contribution in [1.82, 2.24) is 20.2 Å². The second-order valence-electron chi connectivity index (χ2n) is 7.18. The first-order valence-corrected chi connectivity index (χ1v) is 9.44. The van der Waals surface area contributed by atoms with Crippen LogP contribution in [-0.4, -0.2) is 60.6 Å². The summed E-state index contributed by atoms with van der Waals surface area (Å²) >= 11 is 0. The average molecular weight is 368 g/mol. The molecular weight excluding hydrogens is 343 g/mol. The molecule has 0 radical (unpaired) electrons. The highest BCUT2D eigenvalue weighted by atomic mass is 19.1. The lowest BCUT2D eigenvalue weighted by Crippen LogP contribution is -2.53. The summed E-state index contributed by atoms with van der Waals surface area (Å²) in [6.45, 7) is 4.12. The molecule has 1 saturated heterocycles. The van der Waals surface area contributed by atoms with Crippen LogP contribution in [0.4, 0.5) is 10.3 Å². The maximum absolute atomic E-state index is 14.2. The van der Waals surface area contributed by atoms with Gasteiger partial charge in [0.25, 0.3) is 0 Å². The van der Waals surface area contributed by atoms with Crippen molar-refractivity contribution in [3.63, 3.8) is 0 Å². The highest BCUT2D eigenvalue weighted by molar-refractivity contribution is 5.80. The van der Waals surface area contributed by atoms with Gasteiger partial charge in [-0.05, 0) is 30.5 Å². The molecular formula is C20H25FN6. The Kier molecular flexibility index (Phi) is 4.92. The number of rotatable bonds is 4. The number of hydrogen-bond acceptors (Lipinski definition) is 4. The van der Waals surface area contributed by atoms with Crippen molar-refractivity contribution in [2.45, 2.75) is 18.3 Å². The molecule has 0 spiro atoms. The third kappa shape index (κ3) is 3.72. The Bertz CT molecular complexity index is 797. The summed E-state index contributed by atoms with van der Waals surface area (Å²) in [6.07, 6.45) is 5.56. The van der Waals surface area contributed by atoms with Crippen LogP contribution in [0.2, 0.25) is 0 Å². The van der Waals surface area contributed by atoms with Gasteiger partial charge in [0.05, 0.1) is 0 Å². The van der Waals surface area contributed by atoms with E-state index >= 15 is 0 Å².